The van der Waals surface area contributed by atoms with Gasteiger partial charge in [0.1, 0.15) is 22.4 Å². The van der Waals surface area contributed by atoms with Gasteiger partial charge in [0, 0.05) is 5.56 Å². The van der Waals surface area contributed by atoms with E-state index in [0.29, 0.717) is 5.56 Å². The van der Waals surface area contributed by atoms with Crippen LogP contribution in [0, 0.1) is 6.92 Å². The summed E-state index contributed by atoms with van der Waals surface area (Å²) in [5.41, 5.74) is -1.56. The summed E-state index contributed by atoms with van der Waals surface area (Å²) in [6, 6.07) is 7.40. The molecule has 2 saturated heterocycles. The molecule has 0 aliphatic carbocycles. The number of hydrogen-bond donors (Lipinski definition) is 0. The fourth-order valence-electron chi connectivity index (χ4n) is 3.04. The predicted octanol–water partition coefficient (Wildman–Crippen LogP) is 4.75. The van der Waals surface area contributed by atoms with Gasteiger partial charge in [-0.05, 0) is 62.3 Å². The van der Waals surface area contributed by atoms with Gasteiger partial charge in [0.2, 0.25) is 0 Å². The van der Waals surface area contributed by atoms with Crippen LogP contribution < -0.4 is 9.79 Å². The normalized spacial score (nSPS) is 28.4. The first-order chi connectivity index (χ1) is 12.9. The second-order valence-electron chi connectivity index (χ2n) is 9.82. The Kier molecular flexibility index (Phi) is 5.44. The number of rotatable bonds is 3. The zero-order valence-electron chi connectivity index (χ0n) is 18.7. The summed E-state index contributed by atoms with van der Waals surface area (Å²) < 4.78 is 23.7. The van der Waals surface area contributed by atoms with E-state index in [9.17, 15) is 9.79 Å². The van der Waals surface area contributed by atoms with E-state index in [1.807, 2.05) is 86.6 Å². The van der Waals surface area contributed by atoms with Crippen LogP contribution in [0.3, 0.4) is 0 Å². The summed E-state index contributed by atoms with van der Waals surface area (Å²) in [7, 11) is -7.53. The summed E-state index contributed by atoms with van der Waals surface area (Å²) in [4.78, 5) is 27.5. The first-order valence-corrected chi connectivity index (χ1v) is 12.9. The van der Waals surface area contributed by atoms with E-state index in [-0.39, 0.29) is 5.31 Å². The topological polar surface area (TPSA) is 83.0 Å². The molecule has 0 saturated carbocycles. The zero-order chi connectivity index (χ0) is 22.1. The van der Waals surface area contributed by atoms with Crippen LogP contribution in [-0.2, 0) is 18.1 Å². The summed E-state index contributed by atoms with van der Waals surface area (Å²) in [5, 5.41) is 0.202. The third-order valence-corrected chi connectivity index (χ3v) is 10.8. The molecule has 1 aromatic rings. The van der Waals surface area contributed by atoms with Gasteiger partial charge >= 0.3 is 0 Å². The lowest BCUT2D eigenvalue weighted by Crippen LogP contribution is -2.41. The highest BCUT2D eigenvalue weighted by molar-refractivity contribution is 7.72. The Morgan fingerprint density at radius 3 is 1.52 bits per heavy atom. The molecule has 6 nitrogen and oxygen atoms in total. The van der Waals surface area contributed by atoms with Gasteiger partial charge in [0.05, 0.1) is 0 Å². The lowest BCUT2D eigenvalue weighted by atomic mass is 9.90. The maximum Gasteiger partial charge on any atom is 0.277 e. The van der Waals surface area contributed by atoms with Crippen molar-refractivity contribution in [3.05, 3.63) is 41.2 Å². The molecule has 2 aliphatic rings. The highest BCUT2D eigenvalue weighted by atomic mass is 31.2. The van der Waals surface area contributed by atoms with Crippen LogP contribution in [0.25, 0.3) is 5.31 Å². The molecule has 0 N–H and O–H groups in total. The van der Waals surface area contributed by atoms with Crippen LogP contribution in [0.15, 0.2) is 30.1 Å². The van der Waals surface area contributed by atoms with Crippen LogP contribution in [0.4, 0.5) is 0 Å². The minimum atomic E-state index is -3.81. The Morgan fingerprint density at radius 2 is 1.10 bits per heavy atom. The highest BCUT2D eigenvalue weighted by Crippen LogP contribution is 2.78. The molecule has 0 bridgehead atoms. The summed E-state index contributed by atoms with van der Waals surface area (Å²) in [6.07, 6.45) is 0. The molecule has 0 aromatic heterocycles. The minimum Gasteiger partial charge on any atom is -0.627 e. The first-order valence-electron chi connectivity index (χ1n) is 9.75. The second-order valence-corrected chi connectivity index (χ2v) is 13.4. The molecular weight excluding hydrogens is 410 g/mol. The molecule has 2 heterocycles. The van der Waals surface area contributed by atoms with Gasteiger partial charge in [-0.15, -0.1) is 0 Å². The van der Waals surface area contributed by atoms with Crippen molar-refractivity contribution in [2.45, 2.75) is 84.7 Å². The van der Waals surface area contributed by atoms with E-state index in [1.54, 1.807) is 0 Å². The van der Waals surface area contributed by atoms with Gasteiger partial charge in [-0.2, -0.15) is 18.1 Å². The lowest BCUT2D eigenvalue weighted by molar-refractivity contribution is -0.209. The fourth-order valence-corrected chi connectivity index (χ4v) is 8.68. The summed E-state index contributed by atoms with van der Waals surface area (Å²) >= 11 is 0. The van der Waals surface area contributed by atoms with Gasteiger partial charge in [-0.3, -0.25) is 0 Å². The number of aryl methyl sites for hydroxylation is 1. The van der Waals surface area contributed by atoms with Crippen LogP contribution in [0.1, 0.15) is 66.5 Å². The van der Waals surface area contributed by atoms with E-state index in [2.05, 4.69) is 0 Å². The molecule has 29 heavy (non-hydrogen) atoms. The SMILES string of the molecule is Cc1ccc(/C(=C/[P+]2([O-])OC(C)(C)C(C)(C)O2)[P+]2([O-])OC(C)(C)C(C)(C)O2)cc1. The van der Waals surface area contributed by atoms with Crippen molar-refractivity contribution in [2.75, 3.05) is 0 Å². The molecule has 0 unspecified atom stereocenters. The van der Waals surface area contributed by atoms with E-state index in [1.165, 1.54) is 5.82 Å². The van der Waals surface area contributed by atoms with Crippen molar-refractivity contribution < 1.29 is 27.9 Å². The van der Waals surface area contributed by atoms with Crippen LogP contribution in [-0.4, -0.2) is 22.4 Å². The molecule has 8 heteroatoms. The molecule has 162 valence electrons. The maximum atomic E-state index is 13.9. The Balaban J connectivity index is 2.13. The molecule has 2 fully saturated rings. The average molecular weight is 442 g/mol. The number of benzene rings is 1. The van der Waals surface area contributed by atoms with Crippen molar-refractivity contribution in [1.29, 1.82) is 0 Å². The predicted molar refractivity (Wildman–Crippen MR) is 114 cm³/mol. The van der Waals surface area contributed by atoms with Gasteiger partial charge < -0.3 is 9.79 Å². The molecular formula is C21H32O6P2. The zero-order valence-corrected chi connectivity index (χ0v) is 20.5. The van der Waals surface area contributed by atoms with Crippen molar-refractivity contribution in [3.8, 4) is 0 Å². The molecule has 0 amide bonds. The van der Waals surface area contributed by atoms with E-state index in [0.717, 1.165) is 5.56 Å². The molecule has 0 atom stereocenters. The summed E-state index contributed by atoms with van der Waals surface area (Å²) in [5.74, 6) is 1.33. The molecule has 2 aliphatic heterocycles. The average Bonchev–Trinajstić information content (AvgIpc) is 2.78. The Hall–Kier alpha value is -0.420. The van der Waals surface area contributed by atoms with Crippen LogP contribution in [0.5, 0.6) is 0 Å². The lowest BCUT2D eigenvalue weighted by Gasteiger charge is -2.27. The standard InChI is InChI=1S/C21H32O6P2/c1-15-10-12-16(13-11-15)17(29(23)26-20(6,7)21(8,9)27-29)14-28(22)24-18(2,3)19(4,5)25-28/h10-14H,1-9H3/b17-14-. The third kappa shape index (κ3) is 4.07. The molecule has 3 rings (SSSR count). The van der Waals surface area contributed by atoms with E-state index in [4.69, 9.17) is 18.1 Å². The Bertz CT molecular complexity index is 794. The highest BCUT2D eigenvalue weighted by Gasteiger charge is 2.65. The largest absolute Gasteiger partial charge is 0.627 e. The number of hydrogen-bond acceptors (Lipinski definition) is 6. The van der Waals surface area contributed by atoms with Crippen molar-refractivity contribution in [3.63, 3.8) is 0 Å². The van der Waals surface area contributed by atoms with Crippen LogP contribution in [0.2, 0.25) is 0 Å². The Labute approximate surface area is 175 Å². The fraction of sp³-hybridized carbons (Fsp3) is 0.619. The van der Waals surface area contributed by atoms with Gasteiger partial charge in [0.25, 0.3) is 15.9 Å². The monoisotopic (exact) mass is 442 g/mol. The van der Waals surface area contributed by atoms with E-state index >= 15 is 0 Å². The summed E-state index contributed by atoms with van der Waals surface area (Å²) in [6.45, 7) is 16.6. The smallest absolute Gasteiger partial charge is 0.277 e. The molecule has 0 radical (unpaired) electrons. The molecule has 0 spiro atoms. The second kappa shape index (κ2) is 6.79. The first kappa shape index (κ1) is 23.2. The molecule has 1 aromatic carbocycles. The Morgan fingerprint density at radius 1 is 0.724 bits per heavy atom. The van der Waals surface area contributed by atoms with Gasteiger partial charge in [-0.1, -0.05) is 29.8 Å². The maximum absolute atomic E-state index is 13.9. The van der Waals surface area contributed by atoms with Crippen LogP contribution >= 0.6 is 15.9 Å². The van der Waals surface area contributed by atoms with Gasteiger partial charge in [0.15, 0.2) is 11.1 Å². The van der Waals surface area contributed by atoms with E-state index < -0.39 is 38.3 Å². The minimum absolute atomic E-state index is 0.202. The third-order valence-electron chi connectivity index (χ3n) is 6.23. The van der Waals surface area contributed by atoms with Gasteiger partial charge in [-0.25, -0.2) is 0 Å². The van der Waals surface area contributed by atoms with Crippen molar-refractivity contribution in [1.82, 2.24) is 0 Å². The van der Waals surface area contributed by atoms with Crippen molar-refractivity contribution >= 4 is 21.2 Å². The van der Waals surface area contributed by atoms with Crippen molar-refractivity contribution in [2.24, 2.45) is 0 Å². The quantitative estimate of drug-likeness (QED) is 0.629.